The van der Waals surface area contributed by atoms with Gasteiger partial charge in [-0.3, -0.25) is 4.90 Å². The van der Waals surface area contributed by atoms with E-state index in [9.17, 15) is 8.78 Å². The Bertz CT molecular complexity index is 329. The second-order valence-corrected chi connectivity index (χ2v) is 5.38. The van der Waals surface area contributed by atoms with Gasteiger partial charge in [-0.05, 0) is 44.1 Å². The Kier molecular flexibility index (Phi) is 1.83. The van der Waals surface area contributed by atoms with Crippen molar-refractivity contribution in [2.24, 2.45) is 5.41 Å². The van der Waals surface area contributed by atoms with E-state index < -0.39 is 6.08 Å². The first-order valence-electron chi connectivity index (χ1n) is 5.92. The number of rotatable bonds is 1. The van der Waals surface area contributed by atoms with E-state index in [0.29, 0.717) is 24.0 Å². The van der Waals surface area contributed by atoms with Crippen molar-refractivity contribution in [1.82, 2.24) is 4.90 Å². The maximum Gasteiger partial charge on any atom is 0.270 e. The van der Waals surface area contributed by atoms with Crippen molar-refractivity contribution in [3.63, 3.8) is 0 Å². The van der Waals surface area contributed by atoms with E-state index in [2.05, 4.69) is 11.8 Å². The Balaban J connectivity index is 1.98. The molecule has 0 unspecified atom stereocenters. The quantitative estimate of drug-likeness (QED) is 0.646. The third-order valence-electron chi connectivity index (χ3n) is 5.05. The summed E-state index contributed by atoms with van der Waals surface area (Å²) in [6.45, 7) is 3.72. The second kappa shape index (κ2) is 2.82. The average molecular weight is 213 g/mol. The molecule has 0 aromatic rings. The molecule has 0 aromatic carbocycles. The highest BCUT2D eigenvalue weighted by Crippen LogP contribution is 2.67. The van der Waals surface area contributed by atoms with E-state index in [1.807, 2.05) is 0 Å². The Hall–Kier alpha value is -0.440. The van der Waals surface area contributed by atoms with E-state index in [0.717, 1.165) is 13.0 Å². The van der Waals surface area contributed by atoms with Gasteiger partial charge in [-0.15, -0.1) is 0 Å². The SMILES string of the molecule is CC[C@]12CC(=C(F)F)CN1CCC21CC1. The van der Waals surface area contributed by atoms with Gasteiger partial charge in [0.15, 0.2) is 0 Å². The summed E-state index contributed by atoms with van der Waals surface area (Å²) in [5, 5.41) is 0. The van der Waals surface area contributed by atoms with E-state index in [1.165, 1.54) is 19.3 Å². The van der Waals surface area contributed by atoms with Gasteiger partial charge in [0.05, 0.1) is 0 Å². The third kappa shape index (κ3) is 1.05. The normalized spacial score (nSPS) is 37.4. The van der Waals surface area contributed by atoms with Crippen LogP contribution < -0.4 is 0 Å². The number of halogens is 2. The van der Waals surface area contributed by atoms with Crippen molar-refractivity contribution < 1.29 is 8.78 Å². The molecule has 2 aliphatic heterocycles. The van der Waals surface area contributed by atoms with Crippen LogP contribution in [0.1, 0.15) is 39.0 Å². The highest BCUT2D eigenvalue weighted by atomic mass is 19.3. The van der Waals surface area contributed by atoms with Crippen LogP contribution in [0.2, 0.25) is 0 Å². The first-order chi connectivity index (χ1) is 7.13. The first kappa shape index (κ1) is 9.76. The van der Waals surface area contributed by atoms with Crippen molar-refractivity contribution in [1.29, 1.82) is 0 Å². The number of nitrogens with zero attached hydrogens (tertiary/aromatic N) is 1. The molecule has 1 saturated carbocycles. The third-order valence-corrected chi connectivity index (χ3v) is 5.05. The molecule has 0 radical (unpaired) electrons. The summed E-state index contributed by atoms with van der Waals surface area (Å²) < 4.78 is 25.4. The summed E-state index contributed by atoms with van der Waals surface area (Å²) in [5.74, 6) is 0. The lowest BCUT2D eigenvalue weighted by atomic mass is 9.77. The molecule has 1 atom stereocenters. The predicted octanol–water partition coefficient (Wildman–Crippen LogP) is 3.18. The Labute approximate surface area is 89.1 Å². The van der Waals surface area contributed by atoms with Crippen molar-refractivity contribution in [3.05, 3.63) is 11.7 Å². The Morgan fingerprint density at radius 2 is 2.07 bits per heavy atom. The van der Waals surface area contributed by atoms with Gasteiger partial charge in [-0.25, -0.2) is 0 Å². The zero-order valence-corrected chi connectivity index (χ0v) is 9.15. The monoisotopic (exact) mass is 213 g/mol. The molecule has 0 amide bonds. The Morgan fingerprint density at radius 1 is 1.33 bits per heavy atom. The molecule has 0 N–H and O–H groups in total. The summed E-state index contributed by atoms with van der Waals surface area (Å²) in [7, 11) is 0. The zero-order chi connectivity index (χ0) is 10.7. The van der Waals surface area contributed by atoms with Crippen LogP contribution in [0.4, 0.5) is 8.78 Å². The molecule has 1 spiro atoms. The molecule has 0 bridgehead atoms. The molecule has 1 aliphatic carbocycles. The van der Waals surface area contributed by atoms with Gasteiger partial charge in [0.1, 0.15) is 0 Å². The van der Waals surface area contributed by atoms with Crippen LogP contribution in [0.15, 0.2) is 11.7 Å². The molecule has 3 aliphatic rings. The lowest BCUT2D eigenvalue weighted by molar-refractivity contribution is 0.131. The molecule has 2 saturated heterocycles. The molecule has 1 nitrogen and oxygen atoms in total. The number of hydrogen-bond donors (Lipinski definition) is 0. The fraction of sp³-hybridized carbons (Fsp3) is 0.833. The van der Waals surface area contributed by atoms with Crippen LogP contribution in [-0.2, 0) is 0 Å². The van der Waals surface area contributed by atoms with Gasteiger partial charge in [-0.2, -0.15) is 8.78 Å². The largest absolute Gasteiger partial charge is 0.293 e. The average Bonchev–Trinajstić information content (AvgIpc) is 2.80. The minimum absolute atomic E-state index is 0.103. The van der Waals surface area contributed by atoms with Gasteiger partial charge >= 0.3 is 0 Å². The fourth-order valence-corrected chi connectivity index (χ4v) is 4.02. The summed E-state index contributed by atoms with van der Waals surface area (Å²) in [4.78, 5) is 2.33. The van der Waals surface area contributed by atoms with E-state index in [4.69, 9.17) is 0 Å². The summed E-state index contributed by atoms with van der Waals surface area (Å²) >= 11 is 0. The van der Waals surface area contributed by atoms with Gasteiger partial charge in [0.25, 0.3) is 6.08 Å². The van der Waals surface area contributed by atoms with Crippen LogP contribution >= 0.6 is 0 Å². The molecule has 0 aromatic heterocycles. The minimum atomic E-state index is -1.42. The molecule has 3 heteroatoms. The minimum Gasteiger partial charge on any atom is -0.293 e. The molecule has 15 heavy (non-hydrogen) atoms. The highest BCUT2D eigenvalue weighted by Gasteiger charge is 2.66. The van der Waals surface area contributed by atoms with Gasteiger partial charge in [-0.1, -0.05) is 6.92 Å². The summed E-state index contributed by atoms with van der Waals surface area (Å²) in [6.07, 6.45) is 4.00. The molecule has 2 heterocycles. The first-order valence-corrected chi connectivity index (χ1v) is 5.92. The highest BCUT2D eigenvalue weighted by molar-refractivity contribution is 5.29. The predicted molar refractivity (Wildman–Crippen MR) is 54.7 cm³/mol. The standard InChI is InChI=1S/C12H17F2N/c1-2-12-7-9(10(13)14)8-15(12)6-5-11(12)3-4-11/h2-8H2,1H3/t12-/m1/s1. The van der Waals surface area contributed by atoms with E-state index in [1.54, 1.807) is 0 Å². The zero-order valence-electron chi connectivity index (χ0n) is 9.15. The lowest BCUT2D eigenvalue weighted by Crippen LogP contribution is -2.43. The van der Waals surface area contributed by atoms with Crippen LogP contribution in [0.5, 0.6) is 0 Å². The van der Waals surface area contributed by atoms with E-state index in [-0.39, 0.29) is 5.54 Å². The van der Waals surface area contributed by atoms with Crippen molar-refractivity contribution in [2.75, 3.05) is 13.1 Å². The van der Waals surface area contributed by atoms with Crippen LogP contribution in [0.3, 0.4) is 0 Å². The van der Waals surface area contributed by atoms with Crippen LogP contribution in [0.25, 0.3) is 0 Å². The topological polar surface area (TPSA) is 3.24 Å². The number of fused-ring (bicyclic) bond motifs is 2. The van der Waals surface area contributed by atoms with E-state index >= 15 is 0 Å². The number of hydrogen-bond acceptors (Lipinski definition) is 1. The van der Waals surface area contributed by atoms with Crippen molar-refractivity contribution in [3.8, 4) is 0 Å². The Morgan fingerprint density at radius 3 is 2.60 bits per heavy atom. The molecule has 3 fully saturated rings. The van der Waals surface area contributed by atoms with Gasteiger partial charge in [0, 0.05) is 17.7 Å². The molecular formula is C12H17F2N. The van der Waals surface area contributed by atoms with Crippen molar-refractivity contribution >= 4 is 0 Å². The maximum absolute atomic E-state index is 12.7. The second-order valence-electron chi connectivity index (χ2n) is 5.38. The van der Waals surface area contributed by atoms with Crippen LogP contribution in [0, 0.1) is 5.41 Å². The van der Waals surface area contributed by atoms with Gasteiger partial charge in [0.2, 0.25) is 0 Å². The molecular weight excluding hydrogens is 196 g/mol. The smallest absolute Gasteiger partial charge is 0.270 e. The lowest BCUT2D eigenvalue weighted by Gasteiger charge is -2.36. The maximum atomic E-state index is 12.7. The molecule has 84 valence electrons. The van der Waals surface area contributed by atoms with Crippen LogP contribution in [-0.4, -0.2) is 23.5 Å². The molecule has 3 rings (SSSR count). The summed E-state index contributed by atoms with van der Waals surface area (Å²) in [6, 6.07) is 0. The van der Waals surface area contributed by atoms with Crippen molar-refractivity contribution in [2.45, 2.75) is 44.6 Å². The van der Waals surface area contributed by atoms with Gasteiger partial charge < -0.3 is 0 Å². The summed E-state index contributed by atoms with van der Waals surface area (Å²) in [5.41, 5.74) is 0.924. The fourth-order valence-electron chi connectivity index (χ4n) is 4.02.